The van der Waals surface area contributed by atoms with Gasteiger partial charge in [-0.15, -0.1) is 0 Å². The maximum atomic E-state index is 11.7. The third-order valence-electron chi connectivity index (χ3n) is 4.70. The van der Waals surface area contributed by atoms with E-state index in [1.807, 2.05) is 0 Å². The smallest absolute Gasteiger partial charge is 0.269 e. The van der Waals surface area contributed by atoms with Gasteiger partial charge in [0.1, 0.15) is 5.78 Å². The molecule has 0 aromatic rings. The standard InChI is InChI=1S/C22H42O5S/c1-2-3-4-5-6-7-8-9-10-11-12-13-14-15-16-17-22(24)18-20-27-28(25,26)21-19-23/h9-10,23H,2-8,11-21H2,1H3/b10-9-. The first-order valence-electron chi connectivity index (χ1n) is 11.2. The molecule has 0 heterocycles. The van der Waals surface area contributed by atoms with E-state index in [1.54, 1.807) is 0 Å². The van der Waals surface area contributed by atoms with Gasteiger partial charge in [0.25, 0.3) is 10.1 Å². The number of hydrogen-bond acceptors (Lipinski definition) is 5. The summed E-state index contributed by atoms with van der Waals surface area (Å²) in [7, 11) is -3.69. The van der Waals surface area contributed by atoms with Gasteiger partial charge in [0.05, 0.1) is 19.0 Å². The van der Waals surface area contributed by atoms with Crippen molar-refractivity contribution in [3.63, 3.8) is 0 Å². The van der Waals surface area contributed by atoms with E-state index in [1.165, 1.54) is 57.8 Å². The maximum Gasteiger partial charge on any atom is 0.269 e. The Bertz CT molecular complexity index is 485. The second kappa shape index (κ2) is 19.6. The van der Waals surface area contributed by atoms with Crippen LogP contribution in [-0.2, 0) is 19.1 Å². The van der Waals surface area contributed by atoms with E-state index in [-0.39, 0.29) is 18.8 Å². The summed E-state index contributed by atoms with van der Waals surface area (Å²) in [5, 5.41) is 8.58. The van der Waals surface area contributed by atoms with Crippen LogP contribution in [0.3, 0.4) is 0 Å². The lowest BCUT2D eigenvalue weighted by Crippen LogP contribution is -2.15. The van der Waals surface area contributed by atoms with Crippen LogP contribution < -0.4 is 0 Å². The second-order valence-corrected chi connectivity index (χ2v) is 9.19. The van der Waals surface area contributed by atoms with E-state index >= 15 is 0 Å². The lowest BCUT2D eigenvalue weighted by atomic mass is 10.1. The molecule has 0 aromatic carbocycles. The monoisotopic (exact) mass is 418 g/mol. The Morgan fingerprint density at radius 3 is 1.93 bits per heavy atom. The van der Waals surface area contributed by atoms with Crippen LogP contribution in [0.5, 0.6) is 0 Å². The summed E-state index contributed by atoms with van der Waals surface area (Å²) in [5.74, 6) is -0.382. The van der Waals surface area contributed by atoms with Crippen molar-refractivity contribution >= 4 is 15.9 Å². The fourth-order valence-corrected chi connectivity index (χ4v) is 3.65. The van der Waals surface area contributed by atoms with Crippen molar-refractivity contribution in [2.24, 2.45) is 0 Å². The molecule has 0 spiro atoms. The third-order valence-corrected chi connectivity index (χ3v) is 5.91. The number of hydrogen-bond donors (Lipinski definition) is 1. The number of Topliss-reactive ketones (excluding diaryl/α,β-unsaturated/α-hetero) is 1. The fraction of sp³-hybridized carbons (Fsp3) is 0.864. The molecule has 1 N–H and O–H groups in total. The van der Waals surface area contributed by atoms with Crippen LogP contribution >= 0.6 is 0 Å². The highest BCUT2D eigenvalue weighted by Crippen LogP contribution is 2.10. The minimum atomic E-state index is -3.69. The number of allylic oxidation sites excluding steroid dienone is 2. The van der Waals surface area contributed by atoms with E-state index in [9.17, 15) is 13.2 Å². The average Bonchev–Trinajstić information content (AvgIpc) is 2.64. The van der Waals surface area contributed by atoms with Crippen LogP contribution in [-0.4, -0.2) is 38.3 Å². The van der Waals surface area contributed by atoms with Gasteiger partial charge in [-0.05, 0) is 32.1 Å². The summed E-state index contributed by atoms with van der Waals surface area (Å²) in [5.41, 5.74) is 0. The van der Waals surface area contributed by atoms with Crippen LogP contribution in [0.25, 0.3) is 0 Å². The van der Waals surface area contributed by atoms with Gasteiger partial charge in [-0.25, -0.2) is 0 Å². The summed E-state index contributed by atoms with van der Waals surface area (Å²) >= 11 is 0. The van der Waals surface area contributed by atoms with Crippen molar-refractivity contribution in [2.45, 2.75) is 103 Å². The number of rotatable bonds is 21. The normalized spacial score (nSPS) is 12.1. The van der Waals surface area contributed by atoms with E-state index in [4.69, 9.17) is 5.11 Å². The molecular formula is C22H42O5S. The Hall–Kier alpha value is -0.720. The Labute approximate surface area is 173 Å². The number of unbranched alkanes of at least 4 members (excludes halogenated alkanes) is 11. The SMILES string of the molecule is CCCCCCCC/C=C\CCCCCCCC(=O)CCOS(=O)(=O)CCO. The van der Waals surface area contributed by atoms with Gasteiger partial charge in [0.2, 0.25) is 0 Å². The van der Waals surface area contributed by atoms with Crippen molar-refractivity contribution < 1.29 is 22.5 Å². The lowest BCUT2D eigenvalue weighted by molar-refractivity contribution is -0.119. The highest BCUT2D eigenvalue weighted by atomic mass is 32.2. The molecule has 0 aliphatic heterocycles. The molecule has 0 amide bonds. The minimum absolute atomic E-state index is 0.0387. The van der Waals surface area contributed by atoms with E-state index in [0.29, 0.717) is 6.42 Å². The number of aliphatic hydroxyl groups is 1. The predicted octanol–water partition coefficient (Wildman–Crippen LogP) is 5.32. The molecule has 0 atom stereocenters. The summed E-state index contributed by atoms with van der Waals surface area (Å²) in [6.07, 6.45) is 21.1. The number of carbonyl (C=O) groups excluding carboxylic acids is 1. The molecule has 0 radical (unpaired) electrons. The molecule has 0 fully saturated rings. The maximum absolute atomic E-state index is 11.7. The van der Waals surface area contributed by atoms with Gasteiger partial charge >= 0.3 is 0 Å². The van der Waals surface area contributed by atoms with E-state index in [0.717, 1.165) is 25.7 Å². The van der Waals surface area contributed by atoms with E-state index in [2.05, 4.69) is 23.3 Å². The quantitative estimate of drug-likeness (QED) is 0.155. The van der Waals surface area contributed by atoms with Gasteiger partial charge in [-0.1, -0.05) is 70.4 Å². The Morgan fingerprint density at radius 1 is 0.821 bits per heavy atom. The molecule has 6 heteroatoms. The molecule has 0 unspecified atom stereocenters. The van der Waals surface area contributed by atoms with Gasteiger partial charge in [0.15, 0.2) is 0 Å². The van der Waals surface area contributed by atoms with Gasteiger partial charge in [-0.3, -0.25) is 8.98 Å². The zero-order valence-electron chi connectivity index (χ0n) is 17.9. The molecule has 0 aromatic heterocycles. The molecular weight excluding hydrogens is 376 g/mol. The van der Waals surface area contributed by atoms with Gasteiger partial charge in [0, 0.05) is 12.8 Å². The van der Waals surface area contributed by atoms with E-state index < -0.39 is 22.5 Å². The zero-order chi connectivity index (χ0) is 20.9. The summed E-state index contributed by atoms with van der Waals surface area (Å²) in [6, 6.07) is 0. The number of aliphatic hydroxyl groups excluding tert-OH is 1. The lowest BCUT2D eigenvalue weighted by Gasteiger charge is -2.04. The molecule has 0 saturated carbocycles. The van der Waals surface area contributed by atoms with Crippen LogP contribution in [0.2, 0.25) is 0 Å². The van der Waals surface area contributed by atoms with Crippen molar-refractivity contribution in [2.75, 3.05) is 19.0 Å². The fourth-order valence-electron chi connectivity index (χ4n) is 2.97. The Balaban J connectivity index is 3.36. The van der Waals surface area contributed by atoms with Gasteiger partial charge in [-0.2, -0.15) is 8.42 Å². The number of carbonyl (C=O) groups is 1. The van der Waals surface area contributed by atoms with Crippen LogP contribution in [0.1, 0.15) is 103 Å². The van der Waals surface area contributed by atoms with Crippen molar-refractivity contribution in [1.29, 1.82) is 0 Å². The van der Waals surface area contributed by atoms with Crippen LogP contribution in [0.15, 0.2) is 12.2 Å². The predicted molar refractivity (Wildman–Crippen MR) is 116 cm³/mol. The van der Waals surface area contributed by atoms with Crippen molar-refractivity contribution in [3.05, 3.63) is 12.2 Å². The molecule has 166 valence electrons. The van der Waals surface area contributed by atoms with Gasteiger partial charge < -0.3 is 5.11 Å². The first kappa shape index (κ1) is 27.3. The van der Waals surface area contributed by atoms with Crippen LogP contribution in [0, 0.1) is 0 Å². The zero-order valence-corrected chi connectivity index (χ0v) is 18.7. The first-order chi connectivity index (χ1) is 13.5. The summed E-state index contributed by atoms with van der Waals surface area (Å²) < 4.78 is 27.1. The largest absolute Gasteiger partial charge is 0.395 e. The second-order valence-electron chi connectivity index (χ2n) is 7.43. The summed E-state index contributed by atoms with van der Waals surface area (Å²) in [4.78, 5) is 11.7. The Kier molecular flexibility index (Phi) is 19.1. The molecule has 0 saturated heterocycles. The molecule has 28 heavy (non-hydrogen) atoms. The average molecular weight is 419 g/mol. The van der Waals surface area contributed by atoms with Crippen molar-refractivity contribution in [1.82, 2.24) is 0 Å². The highest BCUT2D eigenvalue weighted by molar-refractivity contribution is 7.86. The van der Waals surface area contributed by atoms with Crippen LogP contribution in [0.4, 0.5) is 0 Å². The first-order valence-corrected chi connectivity index (χ1v) is 12.7. The molecule has 0 aliphatic carbocycles. The minimum Gasteiger partial charge on any atom is -0.395 e. The molecule has 5 nitrogen and oxygen atoms in total. The molecule has 0 rings (SSSR count). The summed E-state index contributed by atoms with van der Waals surface area (Å²) in [6.45, 7) is 1.66. The molecule has 0 aliphatic rings. The highest BCUT2D eigenvalue weighted by Gasteiger charge is 2.11. The molecule has 0 bridgehead atoms. The van der Waals surface area contributed by atoms with Crippen molar-refractivity contribution in [3.8, 4) is 0 Å². The topological polar surface area (TPSA) is 80.7 Å². The number of ketones is 1. The third kappa shape index (κ3) is 20.0. The Morgan fingerprint density at radius 2 is 1.36 bits per heavy atom.